The quantitative estimate of drug-likeness (QED) is 0.391. The number of halogens is 1. The zero-order valence-electron chi connectivity index (χ0n) is 16.9. The fourth-order valence-electron chi connectivity index (χ4n) is 2.82. The van der Waals surface area contributed by atoms with Gasteiger partial charge in [0.05, 0.1) is 11.8 Å². The molecule has 9 heteroatoms. The molecule has 0 unspecified atom stereocenters. The highest BCUT2D eigenvalue weighted by atomic mass is 32.2. The summed E-state index contributed by atoms with van der Waals surface area (Å²) in [5.41, 5.74) is 1.06. The molecule has 1 atom stereocenters. The predicted octanol–water partition coefficient (Wildman–Crippen LogP) is 3.83. The summed E-state index contributed by atoms with van der Waals surface area (Å²) in [4.78, 5) is 24.7. The van der Waals surface area contributed by atoms with E-state index in [1.807, 2.05) is 30.3 Å². The van der Waals surface area contributed by atoms with Crippen molar-refractivity contribution >= 4 is 29.3 Å². The van der Waals surface area contributed by atoms with E-state index in [-0.39, 0.29) is 17.6 Å². The van der Waals surface area contributed by atoms with Crippen LogP contribution in [0.25, 0.3) is 0 Å². The van der Waals surface area contributed by atoms with Gasteiger partial charge in [0.2, 0.25) is 5.91 Å². The number of nitrogens with zero attached hydrogens (tertiary/aromatic N) is 3. The minimum absolute atomic E-state index is 0.153. The molecule has 2 aromatic carbocycles. The summed E-state index contributed by atoms with van der Waals surface area (Å²) in [7, 11) is 0. The minimum Gasteiger partial charge on any atom is -0.342 e. The van der Waals surface area contributed by atoms with Crippen molar-refractivity contribution in [2.24, 2.45) is 0 Å². The number of carbonyl (C=O) groups is 2. The lowest BCUT2D eigenvalue weighted by atomic mass is 10.2. The molecule has 0 saturated carbocycles. The maximum absolute atomic E-state index is 13.1. The van der Waals surface area contributed by atoms with Gasteiger partial charge in [-0.15, -0.1) is 16.8 Å². The maximum Gasteiger partial charge on any atom is 0.251 e. The van der Waals surface area contributed by atoms with Crippen molar-refractivity contribution in [1.82, 2.24) is 20.1 Å². The van der Waals surface area contributed by atoms with Gasteiger partial charge >= 0.3 is 0 Å². The smallest absolute Gasteiger partial charge is 0.251 e. The van der Waals surface area contributed by atoms with Gasteiger partial charge in [0.1, 0.15) is 5.82 Å². The Morgan fingerprint density at radius 1 is 1.16 bits per heavy atom. The highest BCUT2D eigenvalue weighted by Gasteiger charge is 2.20. The molecule has 0 aliphatic heterocycles. The van der Waals surface area contributed by atoms with E-state index in [1.54, 1.807) is 17.6 Å². The first-order valence-corrected chi connectivity index (χ1v) is 10.5. The number of benzene rings is 2. The van der Waals surface area contributed by atoms with Crippen LogP contribution >= 0.6 is 11.8 Å². The van der Waals surface area contributed by atoms with Crippen LogP contribution in [0, 0.1) is 5.82 Å². The van der Waals surface area contributed by atoms with Crippen LogP contribution in [0.1, 0.15) is 29.1 Å². The average Bonchev–Trinajstić information content (AvgIpc) is 3.16. The Labute approximate surface area is 183 Å². The summed E-state index contributed by atoms with van der Waals surface area (Å²) in [5.74, 6) is -0.240. The average molecular weight is 440 g/mol. The fraction of sp³-hybridized carbons (Fsp3) is 0.182. The molecular weight excluding hydrogens is 417 g/mol. The normalized spacial score (nSPS) is 11.5. The van der Waals surface area contributed by atoms with Crippen molar-refractivity contribution in [1.29, 1.82) is 0 Å². The molecule has 0 fully saturated rings. The van der Waals surface area contributed by atoms with Crippen molar-refractivity contribution < 1.29 is 14.0 Å². The van der Waals surface area contributed by atoms with Gasteiger partial charge in [-0.05, 0) is 43.3 Å². The number of hydrogen-bond acceptors (Lipinski definition) is 5. The summed E-state index contributed by atoms with van der Waals surface area (Å²) in [6.45, 7) is 5.95. The Bertz CT molecular complexity index is 1050. The summed E-state index contributed by atoms with van der Waals surface area (Å²) >= 11 is 1.24. The predicted molar refractivity (Wildman–Crippen MR) is 118 cm³/mol. The summed E-state index contributed by atoms with van der Waals surface area (Å²) in [6, 6.07) is 14.0. The number of rotatable bonds is 9. The van der Waals surface area contributed by atoms with Gasteiger partial charge < -0.3 is 15.2 Å². The third kappa shape index (κ3) is 6.02. The molecule has 0 saturated heterocycles. The highest BCUT2D eigenvalue weighted by molar-refractivity contribution is 7.99. The Hall–Kier alpha value is -3.46. The van der Waals surface area contributed by atoms with Crippen LogP contribution in [0.4, 0.5) is 10.1 Å². The molecule has 0 spiro atoms. The van der Waals surface area contributed by atoms with Crippen LogP contribution in [0.5, 0.6) is 0 Å². The van der Waals surface area contributed by atoms with E-state index in [4.69, 9.17) is 0 Å². The standard InChI is InChI=1S/C22H22FN5O2S/c1-3-13-28-20(15(2)24-21(30)16-9-11-17(23)12-10-16)26-27-22(28)31-14-19(29)25-18-7-5-4-6-8-18/h3-12,15H,1,13-14H2,2H3,(H,24,30)(H,25,29)/t15-/m0/s1. The summed E-state index contributed by atoms with van der Waals surface area (Å²) in [6.07, 6.45) is 1.69. The molecular formula is C22H22FN5O2S. The molecule has 160 valence electrons. The Morgan fingerprint density at radius 2 is 1.87 bits per heavy atom. The number of anilines is 1. The van der Waals surface area contributed by atoms with E-state index in [0.29, 0.717) is 23.1 Å². The van der Waals surface area contributed by atoms with Crippen LogP contribution < -0.4 is 10.6 Å². The molecule has 2 N–H and O–H groups in total. The van der Waals surface area contributed by atoms with Crippen molar-refractivity contribution in [3.8, 4) is 0 Å². The largest absolute Gasteiger partial charge is 0.342 e. The number of thioether (sulfide) groups is 1. The molecule has 1 aromatic heterocycles. The topological polar surface area (TPSA) is 88.9 Å². The Kier molecular flexibility index (Phi) is 7.55. The van der Waals surface area contributed by atoms with Gasteiger partial charge in [-0.3, -0.25) is 9.59 Å². The van der Waals surface area contributed by atoms with E-state index in [9.17, 15) is 14.0 Å². The number of allylic oxidation sites excluding steroid dienone is 1. The lowest BCUT2D eigenvalue weighted by molar-refractivity contribution is -0.113. The van der Waals surface area contributed by atoms with Gasteiger partial charge in [0, 0.05) is 17.8 Å². The molecule has 7 nitrogen and oxygen atoms in total. The molecule has 0 radical (unpaired) electrons. The first-order chi connectivity index (χ1) is 15.0. The second-order valence-corrected chi connectivity index (χ2v) is 7.59. The van der Waals surface area contributed by atoms with Crippen LogP contribution in [0.2, 0.25) is 0 Å². The molecule has 31 heavy (non-hydrogen) atoms. The van der Waals surface area contributed by atoms with Gasteiger partial charge in [-0.2, -0.15) is 0 Å². The van der Waals surface area contributed by atoms with Gasteiger partial charge in [-0.25, -0.2) is 4.39 Å². The van der Waals surface area contributed by atoms with Crippen LogP contribution in [0.3, 0.4) is 0 Å². The lowest BCUT2D eigenvalue weighted by Crippen LogP contribution is -2.28. The monoisotopic (exact) mass is 439 g/mol. The first-order valence-electron chi connectivity index (χ1n) is 9.56. The van der Waals surface area contributed by atoms with Crippen molar-refractivity contribution in [2.45, 2.75) is 24.7 Å². The number of carbonyl (C=O) groups excluding carboxylic acids is 2. The van der Waals surface area contributed by atoms with Crippen LogP contribution in [0.15, 0.2) is 72.4 Å². The maximum atomic E-state index is 13.1. The third-order valence-corrected chi connectivity index (χ3v) is 5.26. The van der Waals surface area contributed by atoms with E-state index in [1.165, 1.54) is 36.0 Å². The van der Waals surface area contributed by atoms with Gasteiger partial charge in [0.15, 0.2) is 11.0 Å². The second-order valence-electron chi connectivity index (χ2n) is 6.64. The molecule has 3 rings (SSSR count). The minimum atomic E-state index is -0.461. The number of hydrogen-bond donors (Lipinski definition) is 2. The Balaban J connectivity index is 1.66. The zero-order valence-corrected chi connectivity index (χ0v) is 17.7. The van der Waals surface area contributed by atoms with E-state index in [2.05, 4.69) is 27.4 Å². The first kappa shape index (κ1) is 22.2. The number of nitrogens with one attached hydrogen (secondary N) is 2. The van der Waals surface area contributed by atoms with E-state index < -0.39 is 11.9 Å². The fourth-order valence-corrected chi connectivity index (χ4v) is 3.58. The van der Waals surface area contributed by atoms with Crippen LogP contribution in [-0.4, -0.2) is 32.3 Å². The highest BCUT2D eigenvalue weighted by Crippen LogP contribution is 2.21. The molecule has 0 aliphatic rings. The second kappa shape index (κ2) is 10.5. The molecule has 2 amide bonds. The van der Waals surface area contributed by atoms with Gasteiger partial charge in [-0.1, -0.05) is 36.0 Å². The van der Waals surface area contributed by atoms with Gasteiger partial charge in [0.25, 0.3) is 5.91 Å². The van der Waals surface area contributed by atoms with Crippen molar-refractivity contribution in [2.75, 3.05) is 11.1 Å². The molecule has 1 heterocycles. The lowest BCUT2D eigenvalue weighted by Gasteiger charge is -2.15. The van der Waals surface area contributed by atoms with E-state index in [0.717, 1.165) is 5.69 Å². The molecule has 0 aliphatic carbocycles. The van der Waals surface area contributed by atoms with E-state index >= 15 is 0 Å². The van der Waals surface area contributed by atoms with Crippen LogP contribution in [-0.2, 0) is 11.3 Å². The summed E-state index contributed by atoms with van der Waals surface area (Å²) < 4.78 is 14.9. The zero-order chi connectivity index (χ0) is 22.2. The van der Waals surface area contributed by atoms with Crippen molar-refractivity contribution in [3.05, 3.63) is 84.5 Å². The third-order valence-electron chi connectivity index (χ3n) is 4.29. The number of para-hydroxylation sites is 1. The number of aromatic nitrogens is 3. The van der Waals surface area contributed by atoms with Crippen molar-refractivity contribution in [3.63, 3.8) is 0 Å². The number of amides is 2. The molecule has 3 aromatic rings. The molecule has 0 bridgehead atoms. The SMILES string of the molecule is C=CCn1c(SCC(=O)Nc2ccccc2)nnc1[C@H](C)NC(=O)c1ccc(F)cc1. The Morgan fingerprint density at radius 3 is 2.55 bits per heavy atom. The summed E-state index contributed by atoms with van der Waals surface area (Å²) in [5, 5.41) is 14.6.